The van der Waals surface area contributed by atoms with Gasteiger partial charge in [0.25, 0.3) is 0 Å². The van der Waals surface area contributed by atoms with Crippen LogP contribution in [-0.2, 0) is 20.8 Å². The van der Waals surface area contributed by atoms with Crippen molar-refractivity contribution in [1.82, 2.24) is 5.32 Å². The molecule has 2 N–H and O–H groups in total. The smallest absolute Gasteiger partial charge is 0.196 e. The van der Waals surface area contributed by atoms with Gasteiger partial charge in [-0.25, -0.2) is 4.99 Å². The monoisotopic (exact) mass is 395 g/mol. The van der Waals surface area contributed by atoms with Gasteiger partial charge in [-0.05, 0) is 24.6 Å². The Kier molecular flexibility index (Phi) is 6.44. The second-order valence-corrected chi connectivity index (χ2v) is 7.60. The minimum Gasteiger partial charge on any atom is -0.381 e. The van der Waals surface area contributed by atoms with E-state index in [1.54, 1.807) is 0 Å². The molecule has 2 aromatic carbocycles. The average Bonchev–Trinajstić information content (AvgIpc) is 3.14. The van der Waals surface area contributed by atoms with Crippen molar-refractivity contribution < 1.29 is 14.2 Å². The lowest BCUT2D eigenvalue weighted by molar-refractivity contribution is -0.210. The molecule has 2 saturated heterocycles. The van der Waals surface area contributed by atoms with Gasteiger partial charge < -0.3 is 24.8 Å². The van der Waals surface area contributed by atoms with Crippen molar-refractivity contribution in [3.05, 3.63) is 65.7 Å². The molecule has 0 bridgehead atoms. The van der Waals surface area contributed by atoms with Gasteiger partial charge >= 0.3 is 0 Å². The van der Waals surface area contributed by atoms with Crippen LogP contribution in [0, 0.1) is 6.92 Å². The largest absolute Gasteiger partial charge is 0.381 e. The first-order valence-corrected chi connectivity index (χ1v) is 10.3. The minimum absolute atomic E-state index is 0.00440. The van der Waals surface area contributed by atoms with Gasteiger partial charge in [-0.3, -0.25) is 0 Å². The quantitative estimate of drug-likeness (QED) is 0.600. The third-order valence-corrected chi connectivity index (χ3v) is 5.24. The van der Waals surface area contributed by atoms with Crippen LogP contribution in [0.25, 0.3) is 0 Å². The summed E-state index contributed by atoms with van der Waals surface area (Å²) in [6.45, 7) is 5.30. The van der Waals surface area contributed by atoms with Crippen LogP contribution in [0.3, 0.4) is 0 Å². The van der Waals surface area contributed by atoms with Gasteiger partial charge in [0.15, 0.2) is 11.7 Å². The summed E-state index contributed by atoms with van der Waals surface area (Å²) in [5, 5.41) is 6.79. The summed E-state index contributed by atoms with van der Waals surface area (Å²) in [5.41, 5.74) is 3.41. The molecule has 0 aromatic heterocycles. The standard InChI is InChI=1S/C23H29N3O3/c1-18-7-9-19(10-8-18)15-24-22(26-20-5-3-2-4-6-20)25-16-21-17-28-23(29-21)11-13-27-14-12-23/h2-10,21H,11-17H2,1H3,(H2,24,25,26). The molecule has 154 valence electrons. The van der Waals surface area contributed by atoms with E-state index in [2.05, 4.69) is 41.8 Å². The maximum Gasteiger partial charge on any atom is 0.196 e. The van der Waals surface area contributed by atoms with E-state index in [1.165, 1.54) is 11.1 Å². The molecule has 2 fully saturated rings. The highest BCUT2D eigenvalue weighted by Crippen LogP contribution is 2.32. The number of anilines is 1. The number of hydrogen-bond acceptors (Lipinski definition) is 4. The number of para-hydroxylation sites is 1. The fourth-order valence-electron chi connectivity index (χ4n) is 3.53. The van der Waals surface area contributed by atoms with Crippen LogP contribution in [0.5, 0.6) is 0 Å². The predicted octanol–water partition coefficient (Wildman–Crippen LogP) is 3.47. The molecule has 1 atom stereocenters. The van der Waals surface area contributed by atoms with Crippen molar-refractivity contribution in [2.45, 2.75) is 38.2 Å². The third-order valence-electron chi connectivity index (χ3n) is 5.24. The van der Waals surface area contributed by atoms with E-state index in [1.807, 2.05) is 30.3 Å². The molecule has 2 aliphatic rings. The maximum atomic E-state index is 6.22. The summed E-state index contributed by atoms with van der Waals surface area (Å²) in [5.74, 6) is 0.268. The zero-order valence-corrected chi connectivity index (χ0v) is 16.9. The Morgan fingerprint density at radius 1 is 1.07 bits per heavy atom. The number of nitrogens with one attached hydrogen (secondary N) is 2. The van der Waals surface area contributed by atoms with Crippen LogP contribution in [0.4, 0.5) is 5.69 Å². The van der Waals surface area contributed by atoms with E-state index in [0.717, 1.165) is 24.5 Å². The average molecular weight is 396 g/mol. The molecule has 4 rings (SSSR count). The fourth-order valence-corrected chi connectivity index (χ4v) is 3.53. The molecule has 0 radical (unpaired) electrons. The van der Waals surface area contributed by atoms with Crippen molar-refractivity contribution >= 4 is 11.6 Å². The molecule has 1 spiro atoms. The van der Waals surface area contributed by atoms with E-state index < -0.39 is 5.79 Å². The van der Waals surface area contributed by atoms with Gasteiger partial charge in [0.05, 0.1) is 26.4 Å². The van der Waals surface area contributed by atoms with E-state index in [0.29, 0.717) is 32.9 Å². The molecule has 2 aliphatic heterocycles. The van der Waals surface area contributed by atoms with Gasteiger partial charge in [-0.2, -0.15) is 0 Å². The number of ether oxygens (including phenoxy) is 3. The lowest BCUT2D eigenvalue weighted by Gasteiger charge is -2.31. The fraction of sp³-hybridized carbons (Fsp3) is 0.435. The Labute approximate surface area is 172 Å². The van der Waals surface area contributed by atoms with Crippen LogP contribution in [0.15, 0.2) is 59.6 Å². The first kappa shape index (κ1) is 19.9. The first-order chi connectivity index (χ1) is 14.2. The molecule has 6 heteroatoms. The molecule has 6 nitrogen and oxygen atoms in total. The highest BCUT2D eigenvalue weighted by atomic mass is 16.7. The molecular formula is C23H29N3O3. The van der Waals surface area contributed by atoms with Crippen LogP contribution in [0.2, 0.25) is 0 Å². The van der Waals surface area contributed by atoms with Crippen LogP contribution in [-0.4, -0.2) is 44.2 Å². The first-order valence-electron chi connectivity index (χ1n) is 10.3. The maximum absolute atomic E-state index is 6.22. The van der Waals surface area contributed by atoms with Gasteiger partial charge in [0.2, 0.25) is 0 Å². The zero-order valence-electron chi connectivity index (χ0n) is 16.9. The second kappa shape index (κ2) is 9.39. The molecule has 0 amide bonds. The zero-order chi connectivity index (χ0) is 19.9. The lowest BCUT2D eigenvalue weighted by atomic mass is 10.1. The Morgan fingerprint density at radius 2 is 1.83 bits per heavy atom. The number of hydrogen-bond donors (Lipinski definition) is 2. The molecule has 1 unspecified atom stereocenters. The number of rotatable bonds is 5. The summed E-state index contributed by atoms with van der Waals surface area (Å²) < 4.78 is 17.6. The van der Waals surface area contributed by atoms with Crippen LogP contribution in [0.1, 0.15) is 24.0 Å². The van der Waals surface area contributed by atoms with E-state index in [4.69, 9.17) is 19.2 Å². The van der Waals surface area contributed by atoms with E-state index in [9.17, 15) is 0 Å². The Bertz CT molecular complexity index is 802. The summed E-state index contributed by atoms with van der Waals surface area (Å²) >= 11 is 0. The number of nitrogens with zero attached hydrogens (tertiary/aromatic N) is 1. The second-order valence-electron chi connectivity index (χ2n) is 7.60. The van der Waals surface area contributed by atoms with Crippen molar-refractivity contribution in [3.8, 4) is 0 Å². The van der Waals surface area contributed by atoms with E-state index in [-0.39, 0.29) is 6.10 Å². The van der Waals surface area contributed by atoms with Crippen molar-refractivity contribution in [1.29, 1.82) is 0 Å². The highest BCUT2D eigenvalue weighted by molar-refractivity contribution is 5.93. The third kappa shape index (κ3) is 5.56. The highest BCUT2D eigenvalue weighted by Gasteiger charge is 2.42. The summed E-state index contributed by atoms with van der Waals surface area (Å²) in [7, 11) is 0. The summed E-state index contributed by atoms with van der Waals surface area (Å²) in [6.07, 6.45) is 1.58. The van der Waals surface area contributed by atoms with Gasteiger partial charge in [-0.1, -0.05) is 48.0 Å². The SMILES string of the molecule is Cc1ccc(CN=C(NCC2COC3(CCOCC3)O2)Nc2ccccc2)cc1. The van der Waals surface area contributed by atoms with Gasteiger partial charge in [0, 0.05) is 25.1 Å². The Morgan fingerprint density at radius 3 is 2.59 bits per heavy atom. The number of aliphatic imine (C=N–C) groups is 1. The Hall–Kier alpha value is -2.41. The minimum atomic E-state index is -0.462. The topological polar surface area (TPSA) is 64.1 Å². The molecular weight excluding hydrogens is 366 g/mol. The Balaban J connectivity index is 1.38. The van der Waals surface area contributed by atoms with Crippen molar-refractivity contribution in [3.63, 3.8) is 0 Å². The lowest BCUT2D eigenvalue weighted by Crippen LogP contribution is -2.41. The summed E-state index contributed by atoms with van der Waals surface area (Å²) in [4.78, 5) is 4.76. The molecule has 0 saturated carbocycles. The van der Waals surface area contributed by atoms with E-state index >= 15 is 0 Å². The molecule has 0 aliphatic carbocycles. The normalized spacial score (nSPS) is 21.3. The van der Waals surface area contributed by atoms with Gasteiger partial charge in [0.1, 0.15) is 6.10 Å². The number of benzene rings is 2. The molecule has 2 aromatic rings. The van der Waals surface area contributed by atoms with Crippen molar-refractivity contribution in [2.24, 2.45) is 4.99 Å². The summed E-state index contributed by atoms with van der Waals surface area (Å²) in [6, 6.07) is 18.5. The predicted molar refractivity (Wildman–Crippen MR) is 114 cm³/mol. The van der Waals surface area contributed by atoms with Gasteiger partial charge in [-0.15, -0.1) is 0 Å². The number of guanidine groups is 1. The number of aryl methyl sites for hydroxylation is 1. The van der Waals surface area contributed by atoms with Crippen LogP contribution >= 0.6 is 0 Å². The van der Waals surface area contributed by atoms with Crippen molar-refractivity contribution in [2.75, 3.05) is 31.7 Å². The molecule has 29 heavy (non-hydrogen) atoms. The molecule has 2 heterocycles. The van der Waals surface area contributed by atoms with Crippen LogP contribution < -0.4 is 10.6 Å².